The van der Waals surface area contributed by atoms with E-state index in [1.807, 2.05) is 19.1 Å². The van der Waals surface area contributed by atoms with Crippen LogP contribution in [0.2, 0.25) is 5.02 Å². The number of H-pyrrole nitrogens is 1. The minimum absolute atomic E-state index is 0.0437. The first kappa shape index (κ1) is 21.3. The molecule has 1 amide bonds. The fourth-order valence-corrected chi connectivity index (χ4v) is 3.63. The molecule has 4 rings (SSSR count). The van der Waals surface area contributed by atoms with Gasteiger partial charge in [0.2, 0.25) is 0 Å². The van der Waals surface area contributed by atoms with Crippen molar-refractivity contribution in [1.82, 2.24) is 24.6 Å². The second-order valence-electron chi connectivity index (χ2n) is 7.21. The molecule has 0 fully saturated rings. The summed E-state index contributed by atoms with van der Waals surface area (Å²) >= 11 is 6.27. The quantitative estimate of drug-likeness (QED) is 0.363. The molecule has 0 aliphatic heterocycles. The van der Waals surface area contributed by atoms with Crippen molar-refractivity contribution < 1.29 is 20.1 Å². The molecule has 4 N–H and O–H groups in total. The number of rotatable bonds is 5. The molecular weight excluding hydrogens is 434 g/mol. The first-order valence-corrected chi connectivity index (χ1v) is 10.0. The van der Waals surface area contributed by atoms with Crippen molar-refractivity contribution in [1.29, 1.82) is 0 Å². The number of halogens is 1. The van der Waals surface area contributed by atoms with Gasteiger partial charge in [-0.2, -0.15) is 0 Å². The van der Waals surface area contributed by atoms with Gasteiger partial charge in [-0.05, 0) is 37.3 Å². The number of amides is 1. The Bertz CT molecular complexity index is 1290. The number of aromatic hydroxyl groups is 3. The van der Waals surface area contributed by atoms with Crippen LogP contribution in [0.5, 0.6) is 17.5 Å². The number of phenolic OH excluding ortho intramolecular Hbond substituents is 2. The van der Waals surface area contributed by atoms with Gasteiger partial charge in [-0.3, -0.25) is 4.79 Å². The van der Waals surface area contributed by atoms with Gasteiger partial charge in [0.25, 0.3) is 5.91 Å². The lowest BCUT2D eigenvalue weighted by Gasteiger charge is -2.25. The average Bonchev–Trinajstić information content (AvgIpc) is 3.43. The molecule has 0 saturated heterocycles. The van der Waals surface area contributed by atoms with Gasteiger partial charge in [0.15, 0.2) is 5.82 Å². The van der Waals surface area contributed by atoms with Gasteiger partial charge < -0.3 is 25.2 Å². The highest BCUT2D eigenvalue weighted by Crippen LogP contribution is 2.38. The molecule has 4 aromatic rings. The lowest BCUT2D eigenvalue weighted by Crippen LogP contribution is -2.30. The monoisotopic (exact) mass is 453 g/mol. The van der Waals surface area contributed by atoms with Crippen LogP contribution in [0.15, 0.2) is 54.7 Å². The molecule has 0 aliphatic carbocycles. The highest BCUT2D eigenvalue weighted by Gasteiger charge is 2.26. The van der Waals surface area contributed by atoms with E-state index >= 15 is 0 Å². The number of carbonyl (C=O) groups excluding carboxylic acids is 1. The zero-order chi connectivity index (χ0) is 23.0. The molecule has 1 unspecified atom stereocenters. The fraction of sp³-hybridized carbons (Fsp3) is 0.136. The maximum absolute atomic E-state index is 13.2. The van der Waals surface area contributed by atoms with Gasteiger partial charge >= 0.3 is 6.01 Å². The Hall–Kier alpha value is -3.98. The number of nitrogens with one attached hydrogen (secondary N) is 1. The minimum atomic E-state index is -0.473. The fourth-order valence-electron chi connectivity index (χ4n) is 3.41. The zero-order valence-corrected chi connectivity index (χ0v) is 17.9. The number of aromatic amines is 1. The summed E-state index contributed by atoms with van der Waals surface area (Å²) in [5.41, 5.74) is 1.24. The summed E-state index contributed by atoms with van der Waals surface area (Å²) in [6, 6.07) is 12.0. The van der Waals surface area contributed by atoms with Crippen LogP contribution in [0.25, 0.3) is 17.1 Å². The molecule has 2 heterocycles. The first-order chi connectivity index (χ1) is 15.3. The van der Waals surface area contributed by atoms with E-state index in [9.17, 15) is 20.1 Å². The number of phenols is 2. The smallest absolute Gasteiger partial charge is 0.319 e. The predicted octanol–water partition coefficient (Wildman–Crippen LogP) is 3.87. The predicted molar refractivity (Wildman–Crippen MR) is 118 cm³/mol. The first-order valence-electron chi connectivity index (χ1n) is 9.65. The van der Waals surface area contributed by atoms with E-state index < -0.39 is 17.7 Å². The average molecular weight is 454 g/mol. The third-order valence-electron chi connectivity index (χ3n) is 5.30. The number of hydrogen-bond acceptors (Lipinski definition) is 6. The van der Waals surface area contributed by atoms with Crippen LogP contribution < -0.4 is 0 Å². The third-order valence-corrected chi connectivity index (χ3v) is 5.62. The molecule has 10 heteroatoms. The molecule has 0 bridgehead atoms. The molecule has 0 aliphatic rings. The maximum atomic E-state index is 13.2. The molecule has 0 saturated carbocycles. The number of para-hydroxylation sites is 1. The Balaban J connectivity index is 1.80. The van der Waals surface area contributed by atoms with E-state index in [0.29, 0.717) is 10.7 Å². The molecular formula is C22H20ClN5O4. The molecule has 164 valence electrons. The summed E-state index contributed by atoms with van der Waals surface area (Å²) in [4.78, 5) is 17.7. The van der Waals surface area contributed by atoms with Gasteiger partial charge in [-0.25, -0.2) is 4.57 Å². The number of carbonyl (C=O) groups is 1. The standard InChI is InChI=1S/C22H20ClN5O4/c1-12(16-7-5-9-24-16)27(2)21(31)14-10-13(18(29)11-19(14)30)20-25-26-22(32)28(20)17-8-4-3-6-15(17)23/h3-12,24,29-30H,1-2H3,(H,26,32). The molecule has 2 aromatic heterocycles. The molecule has 2 aromatic carbocycles. The summed E-state index contributed by atoms with van der Waals surface area (Å²) < 4.78 is 1.24. The SMILES string of the molecule is CC(c1ccc[nH]1)N(C)C(=O)c1cc(-c2nnc(O)n2-c2ccccc2Cl)c(O)cc1O. The second kappa shape index (κ2) is 8.27. The minimum Gasteiger partial charge on any atom is -0.507 e. The highest BCUT2D eigenvalue weighted by atomic mass is 35.5. The van der Waals surface area contributed by atoms with Crippen LogP contribution in [0.1, 0.15) is 29.0 Å². The highest BCUT2D eigenvalue weighted by molar-refractivity contribution is 6.32. The van der Waals surface area contributed by atoms with Gasteiger partial charge in [0.05, 0.1) is 27.9 Å². The van der Waals surface area contributed by atoms with E-state index in [0.717, 1.165) is 11.8 Å². The van der Waals surface area contributed by atoms with Crippen LogP contribution in [0, 0.1) is 0 Å². The third kappa shape index (κ3) is 3.63. The molecule has 0 radical (unpaired) electrons. The Morgan fingerprint density at radius 2 is 1.84 bits per heavy atom. The number of hydrogen-bond donors (Lipinski definition) is 4. The van der Waals surface area contributed by atoms with Crippen LogP contribution in [0.4, 0.5) is 0 Å². The molecule has 9 nitrogen and oxygen atoms in total. The van der Waals surface area contributed by atoms with Gasteiger partial charge in [-0.15, -0.1) is 5.10 Å². The van der Waals surface area contributed by atoms with Crippen molar-refractivity contribution in [2.45, 2.75) is 13.0 Å². The van der Waals surface area contributed by atoms with E-state index in [4.69, 9.17) is 11.6 Å². The normalized spacial score (nSPS) is 12.0. The Kier molecular flexibility index (Phi) is 5.50. The van der Waals surface area contributed by atoms with E-state index in [2.05, 4.69) is 15.2 Å². The van der Waals surface area contributed by atoms with E-state index in [1.54, 1.807) is 37.5 Å². The summed E-state index contributed by atoms with van der Waals surface area (Å²) in [6.07, 6.45) is 1.76. The Labute approximate surface area is 188 Å². The van der Waals surface area contributed by atoms with Crippen molar-refractivity contribution in [3.63, 3.8) is 0 Å². The Morgan fingerprint density at radius 3 is 2.53 bits per heavy atom. The topological polar surface area (TPSA) is 128 Å². The number of benzene rings is 2. The Morgan fingerprint density at radius 1 is 1.09 bits per heavy atom. The van der Waals surface area contributed by atoms with Gasteiger partial charge in [-0.1, -0.05) is 28.8 Å². The summed E-state index contributed by atoms with van der Waals surface area (Å²) in [7, 11) is 1.61. The van der Waals surface area contributed by atoms with Crippen molar-refractivity contribution >= 4 is 17.5 Å². The molecule has 32 heavy (non-hydrogen) atoms. The van der Waals surface area contributed by atoms with Crippen molar-refractivity contribution in [2.24, 2.45) is 0 Å². The summed E-state index contributed by atoms with van der Waals surface area (Å²) in [6.45, 7) is 1.84. The van der Waals surface area contributed by atoms with E-state index in [-0.39, 0.29) is 28.7 Å². The molecule has 1 atom stereocenters. The van der Waals surface area contributed by atoms with Crippen LogP contribution in [-0.2, 0) is 0 Å². The number of nitrogens with zero attached hydrogens (tertiary/aromatic N) is 4. The van der Waals surface area contributed by atoms with Crippen LogP contribution in [0.3, 0.4) is 0 Å². The largest absolute Gasteiger partial charge is 0.507 e. The summed E-state index contributed by atoms with van der Waals surface area (Å²) in [5, 5.41) is 39.1. The van der Waals surface area contributed by atoms with Crippen LogP contribution >= 0.6 is 11.6 Å². The van der Waals surface area contributed by atoms with Crippen molar-refractivity contribution in [3.05, 3.63) is 71.0 Å². The van der Waals surface area contributed by atoms with Crippen molar-refractivity contribution in [2.75, 3.05) is 7.05 Å². The maximum Gasteiger partial charge on any atom is 0.319 e. The lowest BCUT2D eigenvalue weighted by molar-refractivity contribution is 0.0737. The number of aromatic nitrogens is 4. The summed E-state index contributed by atoms with van der Waals surface area (Å²) in [5.74, 6) is -1.17. The zero-order valence-electron chi connectivity index (χ0n) is 17.2. The second-order valence-corrected chi connectivity index (χ2v) is 7.62. The molecule has 0 spiro atoms. The van der Waals surface area contributed by atoms with Gasteiger partial charge in [0, 0.05) is 25.0 Å². The van der Waals surface area contributed by atoms with E-state index in [1.165, 1.54) is 15.5 Å². The van der Waals surface area contributed by atoms with Gasteiger partial charge in [0.1, 0.15) is 11.5 Å². The lowest BCUT2D eigenvalue weighted by atomic mass is 10.1. The van der Waals surface area contributed by atoms with Crippen LogP contribution in [-0.4, -0.2) is 52.9 Å². The van der Waals surface area contributed by atoms with Crippen molar-refractivity contribution in [3.8, 4) is 34.6 Å².